The van der Waals surface area contributed by atoms with Crippen LogP contribution in [0.1, 0.15) is 258 Å². The number of rotatable bonds is 43. The molecule has 0 spiro atoms. The number of carbonyl (C=O) groups is 3. The lowest BCUT2D eigenvalue weighted by Gasteiger charge is -2.18. The van der Waals surface area contributed by atoms with E-state index in [0.29, 0.717) is 19.3 Å². The molecular formula is C48H90O6. The summed E-state index contributed by atoms with van der Waals surface area (Å²) in [6.45, 7) is 6.62. The van der Waals surface area contributed by atoms with E-state index in [9.17, 15) is 14.4 Å². The molecule has 0 rings (SSSR count). The molecule has 54 heavy (non-hydrogen) atoms. The van der Waals surface area contributed by atoms with Crippen LogP contribution in [0.15, 0.2) is 12.2 Å². The average Bonchev–Trinajstić information content (AvgIpc) is 3.17. The molecule has 0 bridgehead atoms. The maximum absolute atomic E-state index is 12.7. The molecular weight excluding hydrogens is 673 g/mol. The van der Waals surface area contributed by atoms with E-state index in [2.05, 4.69) is 32.9 Å². The van der Waals surface area contributed by atoms with Gasteiger partial charge < -0.3 is 14.2 Å². The van der Waals surface area contributed by atoms with Gasteiger partial charge in [-0.2, -0.15) is 0 Å². The summed E-state index contributed by atoms with van der Waals surface area (Å²) < 4.78 is 16.7. The molecule has 318 valence electrons. The lowest BCUT2D eigenvalue weighted by atomic mass is 10.0. The molecule has 0 aliphatic rings. The lowest BCUT2D eigenvalue weighted by Crippen LogP contribution is -2.30. The van der Waals surface area contributed by atoms with Gasteiger partial charge in [0, 0.05) is 19.3 Å². The van der Waals surface area contributed by atoms with Crippen molar-refractivity contribution in [2.45, 2.75) is 264 Å². The number of ether oxygens (including phenoxy) is 3. The molecule has 0 aromatic heterocycles. The normalized spacial score (nSPS) is 12.0. The molecule has 0 N–H and O–H groups in total. The SMILES string of the molecule is CCCCCC/C=C\CCCCCCCC(=O)OC[C@H](COC(=O)CCCCCCCCCCCCC)OC(=O)CCCCCCCCCCCCCC. The molecule has 0 fully saturated rings. The third-order valence-corrected chi connectivity index (χ3v) is 10.5. The summed E-state index contributed by atoms with van der Waals surface area (Å²) in [5.74, 6) is -0.868. The molecule has 6 heteroatoms. The van der Waals surface area contributed by atoms with Gasteiger partial charge in [0.15, 0.2) is 6.10 Å². The monoisotopic (exact) mass is 763 g/mol. The van der Waals surface area contributed by atoms with Crippen LogP contribution in [0.5, 0.6) is 0 Å². The Labute approximate surface area is 335 Å². The third-order valence-electron chi connectivity index (χ3n) is 10.5. The second-order valence-corrected chi connectivity index (χ2v) is 16.0. The predicted octanol–water partition coefficient (Wildman–Crippen LogP) is 15.0. The Morgan fingerprint density at radius 1 is 0.352 bits per heavy atom. The van der Waals surface area contributed by atoms with Crippen molar-refractivity contribution in [3.8, 4) is 0 Å². The molecule has 0 aliphatic heterocycles. The van der Waals surface area contributed by atoms with Gasteiger partial charge in [-0.15, -0.1) is 0 Å². The topological polar surface area (TPSA) is 78.9 Å². The molecule has 0 aromatic carbocycles. The summed E-state index contributed by atoms with van der Waals surface area (Å²) in [5.41, 5.74) is 0. The van der Waals surface area contributed by atoms with Crippen LogP contribution >= 0.6 is 0 Å². The van der Waals surface area contributed by atoms with Crippen LogP contribution in [-0.4, -0.2) is 37.2 Å². The highest BCUT2D eigenvalue weighted by atomic mass is 16.6. The molecule has 6 nitrogen and oxygen atoms in total. The largest absolute Gasteiger partial charge is 0.462 e. The molecule has 0 saturated heterocycles. The fraction of sp³-hybridized carbons (Fsp3) is 0.896. The Bertz CT molecular complexity index is 839. The first kappa shape index (κ1) is 52.2. The maximum Gasteiger partial charge on any atom is 0.306 e. The van der Waals surface area contributed by atoms with Crippen molar-refractivity contribution in [3.63, 3.8) is 0 Å². The number of allylic oxidation sites excluding steroid dienone is 2. The van der Waals surface area contributed by atoms with Gasteiger partial charge >= 0.3 is 17.9 Å². The second kappa shape index (κ2) is 43.9. The van der Waals surface area contributed by atoms with Crippen molar-refractivity contribution in [3.05, 3.63) is 12.2 Å². The van der Waals surface area contributed by atoms with E-state index in [1.54, 1.807) is 0 Å². The minimum absolute atomic E-state index is 0.0679. The molecule has 0 aliphatic carbocycles. The summed E-state index contributed by atoms with van der Waals surface area (Å²) in [7, 11) is 0. The van der Waals surface area contributed by atoms with Crippen molar-refractivity contribution >= 4 is 17.9 Å². The van der Waals surface area contributed by atoms with Crippen LogP contribution in [-0.2, 0) is 28.6 Å². The van der Waals surface area contributed by atoms with E-state index in [1.165, 1.54) is 154 Å². The van der Waals surface area contributed by atoms with Gasteiger partial charge in [-0.3, -0.25) is 14.4 Å². The van der Waals surface area contributed by atoms with E-state index in [4.69, 9.17) is 14.2 Å². The molecule has 0 unspecified atom stereocenters. The van der Waals surface area contributed by atoms with Gasteiger partial charge in [0.05, 0.1) is 0 Å². The first-order chi connectivity index (χ1) is 26.5. The summed E-state index contributed by atoms with van der Waals surface area (Å²) >= 11 is 0. The summed E-state index contributed by atoms with van der Waals surface area (Å²) in [6.07, 6.45) is 46.1. The minimum atomic E-state index is -0.764. The minimum Gasteiger partial charge on any atom is -0.462 e. The highest BCUT2D eigenvalue weighted by Crippen LogP contribution is 2.15. The quantitative estimate of drug-likeness (QED) is 0.0266. The van der Waals surface area contributed by atoms with E-state index in [0.717, 1.165) is 64.2 Å². The molecule has 0 radical (unpaired) electrons. The van der Waals surface area contributed by atoms with E-state index < -0.39 is 6.10 Å². The van der Waals surface area contributed by atoms with Crippen LogP contribution in [0.2, 0.25) is 0 Å². The second-order valence-electron chi connectivity index (χ2n) is 16.0. The lowest BCUT2D eigenvalue weighted by molar-refractivity contribution is -0.167. The number of esters is 3. The number of hydrogen-bond donors (Lipinski definition) is 0. The van der Waals surface area contributed by atoms with Gasteiger partial charge in [-0.25, -0.2) is 0 Å². The highest BCUT2D eigenvalue weighted by Gasteiger charge is 2.19. The molecule has 0 saturated carbocycles. The Morgan fingerprint density at radius 3 is 0.944 bits per heavy atom. The van der Waals surface area contributed by atoms with Crippen molar-refractivity contribution < 1.29 is 28.6 Å². The fourth-order valence-corrected chi connectivity index (χ4v) is 6.91. The first-order valence-corrected chi connectivity index (χ1v) is 23.7. The number of unbranched alkanes of at least 4 members (excludes halogenated alkanes) is 30. The zero-order valence-electron chi connectivity index (χ0n) is 36.3. The van der Waals surface area contributed by atoms with Gasteiger partial charge in [-0.1, -0.05) is 206 Å². The van der Waals surface area contributed by atoms with Gasteiger partial charge in [-0.05, 0) is 44.9 Å². The number of carbonyl (C=O) groups excluding carboxylic acids is 3. The molecule has 0 amide bonds. The summed E-state index contributed by atoms with van der Waals surface area (Å²) in [4.78, 5) is 37.7. The number of hydrogen-bond acceptors (Lipinski definition) is 6. The van der Waals surface area contributed by atoms with E-state index in [1.807, 2.05) is 0 Å². The Kier molecular flexibility index (Phi) is 42.4. The maximum atomic E-state index is 12.7. The van der Waals surface area contributed by atoms with Crippen molar-refractivity contribution in [2.75, 3.05) is 13.2 Å². The Hall–Kier alpha value is -1.85. The smallest absolute Gasteiger partial charge is 0.306 e. The molecule has 1 atom stereocenters. The fourth-order valence-electron chi connectivity index (χ4n) is 6.91. The Balaban J connectivity index is 4.35. The third kappa shape index (κ3) is 41.3. The van der Waals surface area contributed by atoms with Crippen LogP contribution < -0.4 is 0 Å². The molecule has 0 aromatic rings. The average molecular weight is 763 g/mol. The van der Waals surface area contributed by atoms with E-state index >= 15 is 0 Å². The van der Waals surface area contributed by atoms with Gasteiger partial charge in [0.25, 0.3) is 0 Å². The highest BCUT2D eigenvalue weighted by molar-refractivity contribution is 5.71. The van der Waals surface area contributed by atoms with Gasteiger partial charge in [0.1, 0.15) is 13.2 Å². The predicted molar refractivity (Wildman–Crippen MR) is 229 cm³/mol. The summed E-state index contributed by atoms with van der Waals surface area (Å²) in [5, 5.41) is 0. The van der Waals surface area contributed by atoms with Crippen LogP contribution in [0.3, 0.4) is 0 Å². The Morgan fingerprint density at radius 2 is 0.611 bits per heavy atom. The van der Waals surface area contributed by atoms with Crippen LogP contribution in [0, 0.1) is 0 Å². The van der Waals surface area contributed by atoms with Crippen molar-refractivity contribution in [1.82, 2.24) is 0 Å². The molecule has 0 heterocycles. The first-order valence-electron chi connectivity index (χ1n) is 23.7. The summed E-state index contributed by atoms with van der Waals surface area (Å²) in [6, 6.07) is 0. The zero-order valence-corrected chi connectivity index (χ0v) is 36.3. The van der Waals surface area contributed by atoms with Crippen LogP contribution in [0.4, 0.5) is 0 Å². The van der Waals surface area contributed by atoms with Crippen molar-refractivity contribution in [2.24, 2.45) is 0 Å². The van der Waals surface area contributed by atoms with Gasteiger partial charge in [0.2, 0.25) is 0 Å². The van der Waals surface area contributed by atoms with Crippen LogP contribution in [0.25, 0.3) is 0 Å². The van der Waals surface area contributed by atoms with E-state index in [-0.39, 0.29) is 31.1 Å². The standard InChI is InChI=1S/C48H90O6/c1-4-7-10-13-16-19-22-24-27-29-32-35-38-41-47(50)53-44-45(43-52-46(49)40-37-34-31-28-25-21-18-15-12-9-6-3)54-48(51)42-39-36-33-30-26-23-20-17-14-11-8-5-2/h19,22,45H,4-18,20-21,23-44H2,1-3H3/b22-19-/t45-/m0/s1. The van der Waals surface area contributed by atoms with Crippen molar-refractivity contribution in [1.29, 1.82) is 0 Å². The zero-order chi connectivity index (χ0) is 39.4.